The number of aryl methyl sites for hydroxylation is 1. The van der Waals surface area contributed by atoms with Crippen molar-refractivity contribution in [1.82, 2.24) is 19.7 Å². The lowest BCUT2D eigenvalue weighted by Crippen LogP contribution is -1.90. The highest BCUT2D eigenvalue weighted by molar-refractivity contribution is 5.62. The van der Waals surface area contributed by atoms with Crippen LogP contribution in [0.15, 0.2) is 24.8 Å². The Morgan fingerprint density at radius 1 is 1.36 bits per heavy atom. The Balaban J connectivity index is 2.57. The van der Waals surface area contributed by atoms with Crippen LogP contribution in [0.4, 0.5) is 0 Å². The lowest BCUT2D eigenvalue weighted by atomic mass is 10.2. The van der Waals surface area contributed by atoms with Crippen LogP contribution in [0.1, 0.15) is 5.69 Å². The molecule has 5 heteroatoms. The van der Waals surface area contributed by atoms with E-state index in [4.69, 9.17) is 5.26 Å². The first-order valence-corrected chi connectivity index (χ1v) is 4.01. The van der Waals surface area contributed by atoms with Crippen LogP contribution < -0.4 is 0 Å². The number of rotatable bonds is 1. The van der Waals surface area contributed by atoms with Gasteiger partial charge in [0.15, 0.2) is 5.69 Å². The van der Waals surface area contributed by atoms with Crippen molar-refractivity contribution in [2.24, 2.45) is 7.05 Å². The molecule has 0 radical (unpaired) electrons. The number of aromatic nitrogens is 4. The average Bonchev–Trinajstić information content (AvgIpc) is 2.65. The van der Waals surface area contributed by atoms with E-state index in [0.29, 0.717) is 11.4 Å². The Kier molecular flexibility index (Phi) is 1.95. The molecule has 0 spiro atoms. The summed E-state index contributed by atoms with van der Waals surface area (Å²) in [6.45, 7) is 0. The van der Waals surface area contributed by atoms with E-state index in [-0.39, 0.29) is 0 Å². The molecule has 0 atom stereocenters. The van der Waals surface area contributed by atoms with Gasteiger partial charge in [-0.3, -0.25) is 9.67 Å². The molecule has 0 bridgehead atoms. The summed E-state index contributed by atoms with van der Waals surface area (Å²) < 4.78 is 1.66. The topological polar surface area (TPSA) is 67.4 Å². The Hall–Kier alpha value is -2.22. The van der Waals surface area contributed by atoms with E-state index < -0.39 is 0 Å². The molecular formula is C9H7N5. The fourth-order valence-corrected chi connectivity index (χ4v) is 1.17. The highest BCUT2D eigenvalue weighted by Crippen LogP contribution is 2.17. The lowest BCUT2D eigenvalue weighted by molar-refractivity contribution is 0.768. The summed E-state index contributed by atoms with van der Waals surface area (Å²) >= 11 is 0. The second kappa shape index (κ2) is 3.26. The minimum atomic E-state index is 0.320. The Morgan fingerprint density at radius 2 is 2.14 bits per heavy atom. The van der Waals surface area contributed by atoms with E-state index in [0.717, 1.165) is 5.56 Å². The van der Waals surface area contributed by atoms with Gasteiger partial charge >= 0.3 is 0 Å². The molecule has 0 saturated heterocycles. The van der Waals surface area contributed by atoms with E-state index in [2.05, 4.69) is 15.1 Å². The third kappa shape index (κ3) is 1.33. The second-order valence-electron chi connectivity index (χ2n) is 2.77. The molecule has 0 aliphatic rings. The molecule has 68 valence electrons. The van der Waals surface area contributed by atoms with E-state index in [9.17, 15) is 0 Å². The summed E-state index contributed by atoms with van der Waals surface area (Å²) in [5.74, 6) is 0. The maximum atomic E-state index is 8.81. The molecular weight excluding hydrogens is 178 g/mol. The summed E-state index contributed by atoms with van der Waals surface area (Å²) in [6, 6.07) is 1.99. The number of hydrogen-bond acceptors (Lipinski definition) is 4. The highest BCUT2D eigenvalue weighted by atomic mass is 15.2. The van der Waals surface area contributed by atoms with Crippen molar-refractivity contribution in [3.63, 3.8) is 0 Å². The van der Waals surface area contributed by atoms with Gasteiger partial charge in [-0.25, -0.2) is 4.98 Å². The molecule has 2 aromatic heterocycles. The van der Waals surface area contributed by atoms with Gasteiger partial charge in [-0.2, -0.15) is 10.4 Å². The van der Waals surface area contributed by atoms with Crippen molar-refractivity contribution in [3.8, 4) is 17.3 Å². The molecule has 0 aromatic carbocycles. The minimum Gasteiger partial charge on any atom is -0.275 e. The smallest absolute Gasteiger partial charge is 0.166 e. The second-order valence-corrected chi connectivity index (χ2v) is 2.77. The zero-order valence-electron chi connectivity index (χ0n) is 7.55. The maximum Gasteiger partial charge on any atom is 0.166 e. The van der Waals surface area contributed by atoms with Crippen LogP contribution in [-0.2, 0) is 7.05 Å². The number of nitrogens with zero attached hydrogens (tertiary/aromatic N) is 5. The normalized spacial score (nSPS) is 9.71. The molecule has 0 N–H and O–H groups in total. The molecule has 0 fully saturated rings. The monoisotopic (exact) mass is 185 g/mol. The summed E-state index contributed by atoms with van der Waals surface area (Å²) in [6.07, 6.45) is 6.51. The van der Waals surface area contributed by atoms with Crippen LogP contribution in [-0.4, -0.2) is 19.7 Å². The standard InChI is InChI=1S/C9H7N5/c1-14-6-7(5-13-14)9-8(4-10)11-2-3-12-9/h2-3,5-6H,1H3. The predicted molar refractivity (Wildman–Crippen MR) is 48.9 cm³/mol. The van der Waals surface area contributed by atoms with Crippen LogP contribution in [0.5, 0.6) is 0 Å². The first kappa shape index (κ1) is 8.38. The zero-order chi connectivity index (χ0) is 9.97. The van der Waals surface area contributed by atoms with E-state index >= 15 is 0 Å². The van der Waals surface area contributed by atoms with Gasteiger partial charge in [-0.15, -0.1) is 0 Å². The SMILES string of the molecule is Cn1cc(-c2nccnc2C#N)cn1. The average molecular weight is 185 g/mol. The van der Waals surface area contributed by atoms with Gasteiger partial charge < -0.3 is 0 Å². The Labute approximate surface area is 80.7 Å². The first-order chi connectivity index (χ1) is 6.81. The fraction of sp³-hybridized carbons (Fsp3) is 0.111. The Bertz CT molecular complexity index is 494. The predicted octanol–water partition coefficient (Wildman–Crippen LogP) is 0.749. The van der Waals surface area contributed by atoms with Crippen molar-refractivity contribution in [3.05, 3.63) is 30.5 Å². The lowest BCUT2D eigenvalue weighted by Gasteiger charge is -1.96. The molecule has 0 unspecified atom stereocenters. The maximum absolute atomic E-state index is 8.81. The summed E-state index contributed by atoms with van der Waals surface area (Å²) in [7, 11) is 1.81. The van der Waals surface area contributed by atoms with Crippen molar-refractivity contribution in [1.29, 1.82) is 5.26 Å². The number of nitriles is 1. The molecule has 0 saturated carbocycles. The number of hydrogen-bond donors (Lipinski definition) is 0. The Morgan fingerprint density at radius 3 is 2.79 bits per heavy atom. The molecule has 2 aromatic rings. The largest absolute Gasteiger partial charge is 0.275 e. The van der Waals surface area contributed by atoms with E-state index in [1.165, 1.54) is 6.20 Å². The van der Waals surface area contributed by atoms with Crippen molar-refractivity contribution in [2.75, 3.05) is 0 Å². The van der Waals surface area contributed by atoms with Gasteiger partial charge in [0.05, 0.1) is 6.20 Å². The fourth-order valence-electron chi connectivity index (χ4n) is 1.17. The summed E-state index contributed by atoms with van der Waals surface area (Å²) in [5.41, 5.74) is 1.70. The molecule has 14 heavy (non-hydrogen) atoms. The van der Waals surface area contributed by atoms with Crippen molar-refractivity contribution >= 4 is 0 Å². The van der Waals surface area contributed by atoms with Crippen molar-refractivity contribution < 1.29 is 0 Å². The molecule has 0 amide bonds. The van der Waals surface area contributed by atoms with Gasteiger partial charge in [-0.05, 0) is 0 Å². The van der Waals surface area contributed by atoms with Crippen LogP contribution in [0, 0.1) is 11.3 Å². The van der Waals surface area contributed by atoms with E-state index in [1.54, 1.807) is 23.3 Å². The quantitative estimate of drug-likeness (QED) is 0.657. The molecule has 2 rings (SSSR count). The van der Waals surface area contributed by atoms with Gasteiger partial charge in [0.25, 0.3) is 0 Å². The van der Waals surface area contributed by atoms with Gasteiger partial charge in [-0.1, -0.05) is 0 Å². The molecule has 0 aliphatic carbocycles. The third-order valence-corrected chi connectivity index (χ3v) is 1.78. The van der Waals surface area contributed by atoms with Crippen LogP contribution in [0.2, 0.25) is 0 Å². The molecule has 5 nitrogen and oxygen atoms in total. The third-order valence-electron chi connectivity index (χ3n) is 1.78. The van der Waals surface area contributed by atoms with E-state index in [1.807, 2.05) is 13.1 Å². The molecule has 0 aliphatic heterocycles. The first-order valence-electron chi connectivity index (χ1n) is 4.01. The highest BCUT2D eigenvalue weighted by Gasteiger charge is 2.08. The minimum absolute atomic E-state index is 0.320. The molecule has 2 heterocycles. The van der Waals surface area contributed by atoms with Gasteiger partial charge in [0.2, 0.25) is 0 Å². The van der Waals surface area contributed by atoms with Crippen LogP contribution in [0.25, 0.3) is 11.3 Å². The zero-order valence-corrected chi connectivity index (χ0v) is 7.55. The summed E-state index contributed by atoms with van der Waals surface area (Å²) in [5, 5.41) is 12.8. The van der Waals surface area contributed by atoms with Crippen LogP contribution in [0.3, 0.4) is 0 Å². The van der Waals surface area contributed by atoms with Gasteiger partial charge in [0.1, 0.15) is 11.8 Å². The van der Waals surface area contributed by atoms with Crippen molar-refractivity contribution in [2.45, 2.75) is 0 Å². The summed E-state index contributed by atoms with van der Waals surface area (Å²) in [4.78, 5) is 8.02. The van der Waals surface area contributed by atoms with Crippen LogP contribution >= 0.6 is 0 Å². The van der Waals surface area contributed by atoms with Gasteiger partial charge in [0, 0.05) is 31.2 Å².